The number of nitrogens with one attached hydrogen (secondary N) is 1. The van der Waals surface area contributed by atoms with Crippen LogP contribution in [0.2, 0.25) is 0 Å². The Balaban J connectivity index is 1.84. The number of nitrogens with zero attached hydrogens (tertiary/aromatic N) is 4. The second-order valence-electron chi connectivity index (χ2n) is 4.48. The first-order chi connectivity index (χ1) is 9.97. The average molecular weight is 315 g/mol. The number of carbonyl (C=O) groups excluding carboxylic acids is 1. The number of aromatic nitrogens is 4. The topological polar surface area (TPSA) is 147 Å². The Kier molecular flexibility index (Phi) is 4.73. The normalized spacial score (nSPS) is 15.4. The number of tetrazole rings is 1. The molecular weight excluding hydrogens is 302 g/mol. The van der Waals surface area contributed by atoms with Crippen LogP contribution in [0.3, 0.4) is 0 Å². The van der Waals surface area contributed by atoms with Crippen molar-refractivity contribution < 1.29 is 24.6 Å². The lowest BCUT2D eigenvalue weighted by molar-refractivity contribution is -0.147. The lowest BCUT2D eigenvalue weighted by Crippen LogP contribution is -2.43. The molecule has 10 nitrogen and oxygen atoms in total. The molecule has 0 spiro atoms. The fraction of sp³-hybridized carbons (Fsp3) is 0.600. The molecule has 1 aromatic rings. The summed E-state index contributed by atoms with van der Waals surface area (Å²) < 4.78 is 1.63. The Morgan fingerprint density at radius 2 is 2.10 bits per heavy atom. The molecule has 1 fully saturated rings. The van der Waals surface area contributed by atoms with Gasteiger partial charge in [0.2, 0.25) is 11.1 Å². The predicted molar refractivity (Wildman–Crippen MR) is 68.6 cm³/mol. The van der Waals surface area contributed by atoms with E-state index in [1.807, 2.05) is 0 Å². The molecule has 0 aliphatic heterocycles. The van der Waals surface area contributed by atoms with Gasteiger partial charge in [0.05, 0.1) is 18.2 Å². The van der Waals surface area contributed by atoms with E-state index in [2.05, 4.69) is 20.8 Å². The first-order valence-electron chi connectivity index (χ1n) is 6.12. The van der Waals surface area contributed by atoms with Crippen LogP contribution in [-0.2, 0) is 14.4 Å². The molecule has 0 radical (unpaired) electrons. The third kappa shape index (κ3) is 4.41. The molecule has 0 bridgehead atoms. The van der Waals surface area contributed by atoms with Crippen molar-refractivity contribution in [3.05, 3.63) is 0 Å². The molecule has 1 aliphatic carbocycles. The van der Waals surface area contributed by atoms with Gasteiger partial charge in [-0.3, -0.25) is 9.59 Å². The van der Waals surface area contributed by atoms with Crippen molar-refractivity contribution >= 4 is 29.6 Å². The molecule has 1 amide bonds. The van der Waals surface area contributed by atoms with Crippen LogP contribution in [0.4, 0.5) is 0 Å². The van der Waals surface area contributed by atoms with E-state index >= 15 is 0 Å². The van der Waals surface area contributed by atoms with Gasteiger partial charge in [-0.1, -0.05) is 11.8 Å². The summed E-state index contributed by atoms with van der Waals surface area (Å²) in [6.07, 6.45) is 1.31. The Bertz CT molecular complexity index is 558. The van der Waals surface area contributed by atoms with Crippen molar-refractivity contribution in [3.63, 3.8) is 0 Å². The summed E-state index contributed by atoms with van der Waals surface area (Å²) in [4.78, 5) is 33.0. The van der Waals surface area contributed by atoms with E-state index in [4.69, 9.17) is 10.2 Å². The molecule has 1 aliphatic rings. The molecule has 1 saturated carbocycles. The number of carboxylic acids is 2. The number of rotatable bonds is 8. The zero-order valence-corrected chi connectivity index (χ0v) is 11.6. The lowest BCUT2D eigenvalue weighted by atomic mass is 10.2. The van der Waals surface area contributed by atoms with Crippen molar-refractivity contribution in [3.8, 4) is 0 Å². The zero-order chi connectivity index (χ0) is 15.4. The van der Waals surface area contributed by atoms with Crippen molar-refractivity contribution in [2.45, 2.75) is 36.5 Å². The lowest BCUT2D eigenvalue weighted by Gasteiger charge is -2.11. The molecule has 114 valence electrons. The average Bonchev–Trinajstić information content (AvgIpc) is 3.14. The highest BCUT2D eigenvalue weighted by atomic mass is 32.2. The minimum atomic E-state index is -1.45. The third-order valence-corrected chi connectivity index (χ3v) is 3.63. The van der Waals surface area contributed by atoms with E-state index in [0.29, 0.717) is 5.16 Å². The monoisotopic (exact) mass is 315 g/mol. The van der Waals surface area contributed by atoms with E-state index in [9.17, 15) is 14.4 Å². The Morgan fingerprint density at radius 3 is 2.67 bits per heavy atom. The van der Waals surface area contributed by atoms with Crippen LogP contribution in [0, 0.1) is 0 Å². The minimum absolute atomic E-state index is 0.0868. The van der Waals surface area contributed by atoms with E-state index < -0.39 is 30.3 Å². The highest BCUT2D eigenvalue weighted by Crippen LogP contribution is 2.36. The molecule has 3 N–H and O–H groups in total. The fourth-order valence-corrected chi connectivity index (χ4v) is 2.33. The summed E-state index contributed by atoms with van der Waals surface area (Å²) >= 11 is 1.08. The maximum atomic E-state index is 11.7. The smallest absolute Gasteiger partial charge is 0.326 e. The Hall–Kier alpha value is -2.17. The molecule has 0 saturated heterocycles. The van der Waals surface area contributed by atoms with Gasteiger partial charge >= 0.3 is 11.9 Å². The Labute approximate surface area is 122 Å². The first kappa shape index (κ1) is 15.2. The SMILES string of the molecule is O=C(O)CC(NC(=O)CSc1nnnn1C1CC1)C(=O)O. The van der Waals surface area contributed by atoms with E-state index in [0.717, 1.165) is 24.6 Å². The van der Waals surface area contributed by atoms with Crippen LogP contribution >= 0.6 is 11.8 Å². The molecule has 0 aromatic carbocycles. The van der Waals surface area contributed by atoms with E-state index in [1.165, 1.54) is 0 Å². The van der Waals surface area contributed by atoms with Gasteiger partial charge in [0.1, 0.15) is 6.04 Å². The van der Waals surface area contributed by atoms with Crippen LogP contribution in [0.15, 0.2) is 5.16 Å². The van der Waals surface area contributed by atoms with Gasteiger partial charge in [-0.05, 0) is 23.3 Å². The largest absolute Gasteiger partial charge is 0.481 e. The third-order valence-electron chi connectivity index (χ3n) is 2.70. The molecule has 1 heterocycles. The van der Waals surface area contributed by atoms with Crippen molar-refractivity contribution in [2.24, 2.45) is 0 Å². The number of amides is 1. The van der Waals surface area contributed by atoms with Crippen LogP contribution < -0.4 is 5.32 Å². The number of carbonyl (C=O) groups is 3. The summed E-state index contributed by atoms with van der Waals surface area (Å²) in [6, 6.07) is -1.18. The fourth-order valence-electron chi connectivity index (χ4n) is 1.57. The van der Waals surface area contributed by atoms with E-state index in [-0.39, 0.29) is 11.8 Å². The van der Waals surface area contributed by atoms with Crippen LogP contribution in [0.25, 0.3) is 0 Å². The molecule has 11 heteroatoms. The maximum absolute atomic E-state index is 11.7. The highest BCUT2D eigenvalue weighted by Gasteiger charge is 2.28. The maximum Gasteiger partial charge on any atom is 0.326 e. The molecule has 1 aromatic heterocycles. The van der Waals surface area contributed by atoms with Gasteiger partial charge in [-0.2, -0.15) is 0 Å². The highest BCUT2D eigenvalue weighted by molar-refractivity contribution is 7.99. The summed E-state index contributed by atoms with van der Waals surface area (Å²) in [5.74, 6) is -3.36. The summed E-state index contributed by atoms with van der Waals surface area (Å²) in [5.41, 5.74) is 0. The number of aliphatic carboxylic acids is 2. The van der Waals surface area contributed by atoms with Gasteiger partial charge in [0.15, 0.2) is 0 Å². The molecular formula is C10H13N5O5S. The number of hydrogen-bond acceptors (Lipinski definition) is 7. The molecule has 1 atom stereocenters. The van der Waals surface area contributed by atoms with Gasteiger partial charge in [-0.25, -0.2) is 9.48 Å². The second-order valence-corrected chi connectivity index (χ2v) is 5.42. The zero-order valence-electron chi connectivity index (χ0n) is 10.8. The van der Waals surface area contributed by atoms with Crippen molar-refractivity contribution in [2.75, 3.05) is 5.75 Å². The summed E-state index contributed by atoms with van der Waals surface area (Å²) in [7, 11) is 0. The minimum Gasteiger partial charge on any atom is -0.481 e. The Morgan fingerprint density at radius 1 is 1.38 bits per heavy atom. The van der Waals surface area contributed by atoms with Gasteiger partial charge in [0, 0.05) is 0 Å². The number of carboxylic acid groups (broad SMARTS) is 2. The van der Waals surface area contributed by atoms with Crippen LogP contribution in [0.5, 0.6) is 0 Å². The number of thioether (sulfide) groups is 1. The quantitative estimate of drug-likeness (QED) is 0.521. The molecule has 2 rings (SSSR count). The molecule has 21 heavy (non-hydrogen) atoms. The van der Waals surface area contributed by atoms with Gasteiger partial charge in [-0.15, -0.1) is 5.10 Å². The van der Waals surface area contributed by atoms with E-state index in [1.54, 1.807) is 4.68 Å². The summed E-state index contributed by atoms with van der Waals surface area (Å²) in [5, 5.41) is 31.2. The van der Waals surface area contributed by atoms with Crippen molar-refractivity contribution in [1.82, 2.24) is 25.5 Å². The first-order valence-corrected chi connectivity index (χ1v) is 7.10. The van der Waals surface area contributed by atoms with Gasteiger partial charge in [0.25, 0.3) is 0 Å². The van der Waals surface area contributed by atoms with Crippen LogP contribution in [-0.4, -0.2) is 60.1 Å². The predicted octanol–water partition coefficient (Wildman–Crippen LogP) is -0.856. The number of hydrogen-bond donors (Lipinski definition) is 3. The molecule has 1 unspecified atom stereocenters. The summed E-state index contributed by atoms with van der Waals surface area (Å²) in [6.45, 7) is 0. The second kappa shape index (κ2) is 6.52. The van der Waals surface area contributed by atoms with Crippen molar-refractivity contribution in [1.29, 1.82) is 0 Å². The standard InChI is InChI=1S/C10H13N5O5S/c16-7(11-6(9(19)20)3-8(17)18)4-21-10-12-13-14-15(10)5-1-2-5/h5-6H,1-4H2,(H,11,16)(H,17,18)(H,19,20). The van der Waals surface area contributed by atoms with Crippen LogP contribution in [0.1, 0.15) is 25.3 Å². The van der Waals surface area contributed by atoms with Gasteiger partial charge < -0.3 is 15.5 Å².